The van der Waals surface area contributed by atoms with Gasteiger partial charge < -0.3 is 9.84 Å². The number of ether oxygens (including phenoxy) is 1. The highest BCUT2D eigenvalue weighted by Crippen LogP contribution is 2.28. The fourth-order valence-corrected chi connectivity index (χ4v) is 1.80. The Morgan fingerprint density at radius 1 is 1.38 bits per heavy atom. The van der Waals surface area contributed by atoms with E-state index >= 15 is 0 Å². The molecule has 2 rings (SSSR count). The zero-order valence-electron chi connectivity index (χ0n) is 9.44. The fraction of sp³-hybridized carbons (Fsp3) is 0.385. The molecule has 1 aliphatic rings. The Morgan fingerprint density at radius 3 is 2.88 bits per heavy atom. The Hall–Kier alpha value is -1.32. The van der Waals surface area contributed by atoms with Gasteiger partial charge in [0, 0.05) is 12.0 Å². The maximum Gasteiger partial charge on any atom is 0.265 e. The average molecular weight is 219 g/mol. The molecule has 0 aliphatic heterocycles. The maximum atomic E-state index is 9.72. The molecule has 0 saturated carbocycles. The molecule has 3 N–H and O–H groups in total. The van der Waals surface area contributed by atoms with Gasteiger partial charge in [0.05, 0.1) is 0 Å². The van der Waals surface area contributed by atoms with Gasteiger partial charge in [0.25, 0.3) is 5.91 Å². The molecule has 1 atom stereocenters. The Morgan fingerprint density at radius 2 is 2.12 bits per heavy atom. The highest BCUT2D eigenvalue weighted by atomic mass is 16.6. The van der Waals surface area contributed by atoms with Crippen molar-refractivity contribution in [3.05, 3.63) is 41.5 Å². The van der Waals surface area contributed by atoms with Gasteiger partial charge in [-0.25, -0.2) is 0 Å². The predicted molar refractivity (Wildman–Crippen MR) is 63.0 cm³/mol. The summed E-state index contributed by atoms with van der Waals surface area (Å²) in [5.41, 5.74) is 7.97. The summed E-state index contributed by atoms with van der Waals surface area (Å²) < 4.78 is 5.45. The van der Waals surface area contributed by atoms with E-state index in [0.717, 1.165) is 18.4 Å². The highest BCUT2D eigenvalue weighted by Gasteiger charge is 2.22. The minimum atomic E-state index is -1.57. The number of allylic oxidation sites excluding steroid dienone is 2. The number of nitrogens with two attached hydrogens (primary N) is 1. The molecule has 1 aromatic rings. The van der Waals surface area contributed by atoms with E-state index in [0.29, 0.717) is 12.2 Å². The third kappa shape index (κ3) is 2.26. The van der Waals surface area contributed by atoms with Gasteiger partial charge in [-0.3, -0.25) is 5.73 Å². The molecular weight excluding hydrogens is 202 g/mol. The monoisotopic (exact) mass is 219 g/mol. The first kappa shape index (κ1) is 11.2. The zero-order valence-corrected chi connectivity index (χ0v) is 9.44. The summed E-state index contributed by atoms with van der Waals surface area (Å²) in [5.74, 6) is -0.885. The lowest BCUT2D eigenvalue weighted by molar-refractivity contribution is -0.134. The van der Waals surface area contributed by atoms with E-state index in [1.165, 1.54) is 5.56 Å². The summed E-state index contributed by atoms with van der Waals surface area (Å²) in [4.78, 5) is 0. The Balaban J connectivity index is 2.29. The fourth-order valence-electron chi connectivity index (χ4n) is 1.80. The number of benzene rings is 1. The van der Waals surface area contributed by atoms with Crippen LogP contribution in [0.15, 0.2) is 30.4 Å². The first-order valence-electron chi connectivity index (χ1n) is 5.58. The van der Waals surface area contributed by atoms with Crippen LogP contribution in [0.4, 0.5) is 0 Å². The second-order valence-electron chi connectivity index (χ2n) is 4.07. The number of aliphatic hydroxyl groups is 1. The van der Waals surface area contributed by atoms with E-state index in [9.17, 15) is 5.11 Å². The summed E-state index contributed by atoms with van der Waals surface area (Å²) in [7, 11) is 0. The Kier molecular flexibility index (Phi) is 2.99. The molecule has 86 valence electrons. The van der Waals surface area contributed by atoms with Crippen molar-refractivity contribution in [2.24, 2.45) is 5.73 Å². The molecule has 0 amide bonds. The molecule has 0 fully saturated rings. The largest absolute Gasteiger partial charge is 0.449 e. The standard InChI is InChI=1S/C13H17NO2/c1-2-13(14,15)16-12-9-5-7-10-6-3-4-8-11(10)12/h3-5,7,9,15H,2,6,8,14H2,1H3. The van der Waals surface area contributed by atoms with Gasteiger partial charge >= 0.3 is 0 Å². The SMILES string of the molecule is CCC(N)(O)Oc1cccc2c1CC=CC2. The van der Waals surface area contributed by atoms with Crippen LogP contribution in [0.1, 0.15) is 24.5 Å². The lowest BCUT2D eigenvalue weighted by Crippen LogP contribution is -2.45. The van der Waals surface area contributed by atoms with E-state index in [4.69, 9.17) is 10.5 Å². The van der Waals surface area contributed by atoms with Crippen molar-refractivity contribution in [2.75, 3.05) is 0 Å². The minimum absolute atomic E-state index is 0.354. The van der Waals surface area contributed by atoms with Gasteiger partial charge in [-0.15, -0.1) is 0 Å². The molecule has 3 nitrogen and oxygen atoms in total. The van der Waals surface area contributed by atoms with E-state index in [-0.39, 0.29) is 0 Å². The van der Waals surface area contributed by atoms with Crippen molar-refractivity contribution in [3.63, 3.8) is 0 Å². The summed E-state index contributed by atoms with van der Waals surface area (Å²) in [5, 5.41) is 9.72. The van der Waals surface area contributed by atoms with Crippen molar-refractivity contribution >= 4 is 0 Å². The minimum Gasteiger partial charge on any atom is -0.449 e. The van der Waals surface area contributed by atoms with Crippen LogP contribution in [0.2, 0.25) is 0 Å². The van der Waals surface area contributed by atoms with Crippen LogP contribution in [0.25, 0.3) is 0 Å². The Labute approximate surface area is 95.5 Å². The van der Waals surface area contributed by atoms with Crippen LogP contribution in [0.3, 0.4) is 0 Å². The van der Waals surface area contributed by atoms with Crippen molar-refractivity contribution in [1.82, 2.24) is 0 Å². The molecular formula is C13H17NO2. The maximum absolute atomic E-state index is 9.72. The second-order valence-corrected chi connectivity index (χ2v) is 4.07. The molecule has 1 aromatic carbocycles. The van der Waals surface area contributed by atoms with E-state index in [1.807, 2.05) is 12.1 Å². The third-order valence-electron chi connectivity index (χ3n) is 2.85. The number of rotatable bonds is 3. The number of hydrogen-bond acceptors (Lipinski definition) is 3. The van der Waals surface area contributed by atoms with Crippen LogP contribution in [0, 0.1) is 0 Å². The van der Waals surface area contributed by atoms with Gasteiger partial charge in [0.1, 0.15) is 5.75 Å². The van der Waals surface area contributed by atoms with Crippen LogP contribution in [-0.4, -0.2) is 11.0 Å². The van der Waals surface area contributed by atoms with Crippen molar-refractivity contribution in [3.8, 4) is 5.75 Å². The number of fused-ring (bicyclic) bond motifs is 1. The van der Waals surface area contributed by atoms with Crippen molar-refractivity contribution in [1.29, 1.82) is 0 Å². The summed E-state index contributed by atoms with van der Waals surface area (Å²) in [6.45, 7) is 1.79. The smallest absolute Gasteiger partial charge is 0.265 e. The molecule has 0 spiro atoms. The summed E-state index contributed by atoms with van der Waals surface area (Å²) in [6, 6.07) is 5.86. The van der Waals surface area contributed by atoms with Crippen molar-refractivity contribution in [2.45, 2.75) is 32.1 Å². The van der Waals surface area contributed by atoms with Gasteiger partial charge in [-0.05, 0) is 24.5 Å². The quantitative estimate of drug-likeness (QED) is 0.601. The highest BCUT2D eigenvalue weighted by molar-refractivity contribution is 5.44. The average Bonchev–Trinajstić information content (AvgIpc) is 2.29. The van der Waals surface area contributed by atoms with Crippen LogP contribution < -0.4 is 10.5 Å². The molecule has 3 heteroatoms. The van der Waals surface area contributed by atoms with Crippen LogP contribution >= 0.6 is 0 Å². The summed E-state index contributed by atoms with van der Waals surface area (Å²) >= 11 is 0. The van der Waals surface area contributed by atoms with Crippen LogP contribution in [-0.2, 0) is 12.8 Å². The van der Waals surface area contributed by atoms with Crippen molar-refractivity contribution < 1.29 is 9.84 Å². The Bertz CT molecular complexity index is 410. The van der Waals surface area contributed by atoms with E-state index < -0.39 is 5.91 Å². The zero-order chi connectivity index (χ0) is 11.6. The first-order chi connectivity index (χ1) is 7.62. The van der Waals surface area contributed by atoms with Crippen LogP contribution in [0.5, 0.6) is 5.75 Å². The molecule has 1 unspecified atom stereocenters. The molecule has 0 bridgehead atoms. The molecule has 16 heavy (non-hydrogen) atoms. The first-order valence-corrected chi connectivity index (χ1v) is 5.58. The molecule has 0 aromatic heterocycles. The topological polar surface area (TPSA) is 55.5 Å². The van der Waals surface area contributed by atoms with E-state index in [1.54, 1.807) is 6.92 Å². The van der Waals surface area contributed by atoms with Gasteiger partial charge in [-0.1, -0.05) is 31.2 Å². The second kappa shape index (κ2) is 4.28. The van der Waals surface area contributed by atoms with Gasteiger partial charge in [0.15, 0.2) is 0 Å². The predicted octanol–water partition coefficient (Wildman–Crippen LogP) is 1.74. The lowest BCUT2D eigenvalue weighted by Gasteiger charge is -2.25. The molecule has 1 aliphatic carbocycles. The normalized spacial score (nSPS) is 17.7. The van der Waals surface area contributed by atoms with Gasteiger partial charge in [-0.2, -0.15) is 0 Å². The lowest BCUT2D eigenvalue weighted by atomic mass is 9.96. The van der Waals surface area contributed by atoms with E-state index in [2.05, 4.69) is 18.2 Å². The van der Waals surface area contributed by atoms with Gasteiger partial charge in [0.2, 0.25) is 0 Å². The third-order valence-corrected chi connectivity index (χ3v) is 2.85. The molecule has 0 radical (unpaired) electrons. The molecule has 0 saturated heterocycles. The molecule has 0 heterocycles. The summed E-state index contributed by atoms with van der Waals surface area (Å²) in [6.07, 6.45) is 6.36. The number of hydrogen-bond donors (Lipinski definition) is 2.